The molecule has 3 fully saturated rings. The summed E-state index contributed by atoms with van der Waals surface area (Å²) in [6, 6.07) is 8.25. The number of hydrogen-bond acceptors (Lipinski definition) is 3. The summed E-state index contributed by atoms with van der Waals surface area (Å²) in [5, 5.41) is 12.5. The minimum atomic E-state index is -0.291. The van der Waals surface area contributed by atoms with Crippen LogP contribution in [0.1, 0.15) is 71.3 Å². The Bertz CT molecular complexity index is 745. The lowest BCUT2D eigenvalue weighted by Gasteiger charge is -2.53. The SMILES string of the molecule is CC/C(=C\F)COc1ccc(C23CCC(C(=O)NCC(C)(C)CO)(CC2)CC3)cc1. The van der Waals surface area contributed by atoms with Gasteiger partial charge in [0.2, 0.25) is 5.91 Å². The fraction of sp³-hybridized carbons (Fsp3) is 0.640. The Morgan fingerprint density at radius 1 is 1.17 bits per heavy atom. The minimum Gasteiger partial charge on any atom is -0.489 e. The highest BCUT2D eigenvalue weighted by molar-refractivity contribution is 5.83. The van der Waals surface area contributed by atoms with Gasteiger partial charge in [-0.25, -0.2) is 4.39 Å². The zero-order chi connectivity index (χ0) is 21.8. The second kappa shape index (κ2) is 9.09. The third-order valence-corrected chi connectivity index (χ3v) is 7.38. The van der Waals surface area contributed by atoms with E-state index in [2.05, 4.69) is 17.4 Å². The number of rotatable bonds is 9. The van der Waals surface area contributed by atoms with Gasteiger partial charge in [0.25, 0.3) is 0 Å². The molecule has 0 saturated heterocycles. The summed E-state index contributed by atoms with van der Waals surface area (Å²) in [6.45, 7) is 6.68. The van der Waals surface area contributed by atoms with Crippen molar-refractivity contribution in [2.75, 3.05) is 19.8 Å². The number of aliphatic hydroxyl groups excluding tert-OH is 1. The first-order valence-electron chi connectivity index (χ1n) is 11.2. The molecule has 2 bridgehead atoms. The molecule has 0 atom stereocenters. The summed E-state index contributed by atoms with van der Waals surface area (Å²) in [5.74, 6) is 0.920. The molecule has 0 radical (unpaired) electrons. The molecule has 3 aliphatic carbocycles. The first-order chi connectivity index (χ1) is 14.3. The highest BCUT2D eigenvalue weighted by atomic mass is 19.1. The summed E-state index contributed by atoms with van der Waals surface area (Å²) in [6.07, 6.45) is 7.08. The van der Waals surface area contributed by atoms with E-state index in [1.54, 1.807) is 0 Å². The standard InChI is InChI=1S/C25H36FNO3/c1-4-19(15-26)16-30-21-7-5-20(6-8-21)24-9-12-25(13-10-24,14-11-24)22(29)27-17-23(2,3)18-28/h5-8,15,28H,4,9-14,16-18H2,1-3H3,(H,27,29)/b19-15+. The van der Waals surface area contributed by atoms with Crippen LogP contribution in [-0.4, -0.2) is 30.8 Å². The van der Waals surface area contributed by atoms with Crippen molar-refractivity contribution in [2.24, 2.45) is 10.8 Å². The Morgan fingerprint density at radius 2 is 1.77 bits per heavy atom. The minimum absolute atomic E-state index is 0.0624. The van der Waals surface area contributed by atoms with Crippen LogP contribution in [0.2, 0.25) is 0 Å². The molecular weight excluding hydrogens is 381 g/mol. The smallest absolute Gasteiger partial charge is 0.226 e. The number of nitrogens with one attached hydrogen (secondary N) is 1. The van der Waals surface area contributed by atoms with E-state index in [1.807, 2.05) is 32.9 Å². The van der Waals surface area contributed by atoms with Gasteiger partial charge in [0.15, 0.2) is 0 Å². The van der Waals surface area contributed by atoms with E-state index in [-0.39, 0.29) is 35.4 Å². The van der Waals surface area contributed by atoms with E-state index < -0.39 is 0 Å². The number of aliphatic hydroxyl groups is 1. The fourth-order valence-corrected chi connectivity index (χ4v) is 4.81. The van der Waals surface area contributed by atoms with Crippen molar-refractivity contribution in [3.05, 3.63) is 41.7 Å². The quantitative estimate of drug-likeness (QED) is 0.591. The van der Waals surface area contributed by atoms with Gasteiger partial charge in [-0.3, -0.25) is 4.79 Å². The largest absolute Gasteiger partial charge is 0.489 e. The van der Waals surface area contributed by atoms with E-state index in [9.17, 15) is 14.3 Å². The van der Waals surface area contributed by atoms with Crippen LogP contribution in [0.5, 0.6) is 5.75 Å². The maximum atomic E-state index is 13.0. The highest BCUT2D eigenvalue weighted by Gasteiger charge is 2.52. The Morgan fingerprint density at radius 3 is 2.27 bits per heavy atom. The third-order valence-electron chi connectivity index (χ3n) is 7.38. The van der Waals surface area contributed by atoms with Gasteiger partial charge in [0.1, 0.15) is 12.4 Å². The lowest BCUT2D eigenvalue weighted by atomic mass is 9.51. The van der Waals surface area contributed by atoms with Crippen molar-refractivity contribution in [1.29, 1.82) is 0 Å². The number of carbonyl (C=O) groups excluding carboxylic acids is 1. The molecule has 0 heterocycles. The third kappa shape index (κ3) is 4.72. The van der Waals surface area contributed by atoms with Crippen LogP contribution in [0.25, 0.3) is 0 Å². The van der Waals surface area contributed by atoms with Crippen LogP contribution >= 0.6 is 0 Å². The van der Waals surface area contributed by atoms with Crippen molar-refractivity contribution < 1.29 is 19.0 Å². The zero-order valence-corrected chi connectivity index (χ0v) is 18.6. The molecule has 0 spiro atoms. The van der Waals surface area contributed by atoms with Crippen LogP contribution in [0, 0.1) is 10.8 Å². The van der Waals surface area contributed by atoms with E-state index in [4.69, 9.17) is 4.74 Å². The van der Waals surface area contributed by atoms with Crippen LogP contribution in [0.3, 0.4) is 0 Å². The zero-order valence-electron chi connectivity index (χ0n) is 18.6. The van der Waals surface area contributed by atoms with Gasteiger partial charge in [0.05, 0.1) is 6.33 Å². The number of halogens is 1. The fourth-order valence-electron chi connectivity index (χ4n) is 4.81. The van der Waals surface area contributed by atoms with Gasteiger partial charge in [-0.15, -0.1) is 0 Å². The average Bonchev–Trinajstić information content (AvgIpc) is 2.79. The second-order valence-corrected chi connectivity index (χ2v) is 10.00. The van der Waals surface area contributed by atoms with E-state index in [1.165, 1.54) is 5.56 Å². The molecule has 0 aliphatic heterocycles. The van der Waals surface area contributed by atoms with Gasteiger partial charge in [-0.1, -0.05) is 32.9 Å². The van der Waals surface area contributed by atoms with Gasteiger partial charge in [-0.2, -0.15) is 0 Å². The number of hydrogen-bond donors (Lipinski definition) is 2. The number of ether oxygens (including phenoxy) is 1. The molecule has 0 unspecified atom stereocenters. The van der Waals surface area contributed by atoms with E-state index in [0.29, 0.717) is 24.9 Å². The maximum Gasteiger partial charge on any atom is 0.226 e. The van der Waals surface area contributed by atoms with Gasteiger partial charge in [0, 0.05) is 24.0 Å². The van der Waals surface area contributed by atoms with Crippen LogP contribution in [-0.2, 0) is 10.2 Å². The van der Waals surface area contributed by atoms with Gasteiger partial charge >= 0.3 is 0 Å². The summed E-state index contributed by atoms with van der Waals surface area (Å²) < 4.78 is 18.4. The summed E-state index contributed by atoms with van der Waals surface area (Å²) in [7, 11) is 0. The summed E-state index contributed by atoms with van der Waals surface area (Å²) in [4.78, 5) is 13.0. The topological polar surface area (TPSA) is 58.6 Å². The monoisotopic (exact) mass is 417 g/mol. The second-order valence-electron chi connectivity index (χ2n) is 10.00. The Labute approximate surface area is 179 Å². The lowest BCUT2D eigenvalue weighted by molar-refractivity contribution is -0.138. The molecule has 5 heteroatoms. The number of amides is 1. The van der Waals surface area contributed by atoms with Crippen molar-refractivity contribution in [1.82, 2.24) is 5.32 Å². The van der Waals surface area contributed by atoms with Gasteiger partial charge in [-0.05, 0) is 73.6 Å². The predicted octanol–water partition coefficient (Wildman–Crippen LogP) is 5.06. The highest BCUT2D eigenvalue weighted by Crippen LogP contribution is 2.58. The van der Waals surface area contributed by atoms with Crippen molar-refractivity contribution in [3.8, 4) is 5.75 Å². The van der Waals surface area contributed by atoms with E-state index in [0.717, 1.165) is 44.3 Å². The molecule has 166 valence electrons. The van der Waals surface area contributed by atoms with Crippen LogP contribution in [0.15, 0.2) is 36.2 Å². The molecule has 30 heavy (non-hydrogen) atoms. The van der Waals surface area contributed by atoms with Crippen molar-refractivity contribution in [3.63, 3.8) is 0 Å². The molecule has 3 aliphatic rings. The molecule has 0 aromatic heterocycles. The summed E-state index contributed by atoms with van der Waals surface area (Å²) >= 11 is 0. The normalized spacial score (nSPS) is 26.5. The maximum absolute atomic E-state index is 13.0. The van der Waals surface area contributed by atoms with Crippen molar-refractivity contribution >= 4 is 5.91 Å². The van der Waals surface area contributed by atoms with Crippen molar-refractivity contribution in [2.45, 2.75) is 71.1 Å². The molecule has 1 aromatic rings. The number of carbonyl (C=O) groups is 1. The molecule has 4 nitrogen and oxygen atoms in total. The molecule has 1 aromatic carbocycles. The van der Waals surface area contributed by atoms with Crippen LogP contribution < -0.4 is 10.1 Å². The first kappa shape index (κ1) is 22.8. The number of benzene rings is 1. The summed E-state index contributed by atoms with van der Waals surface area (Å²) in [5.41, 5.74) is 1.58. The molecular formula is C25H36FNO3. The predicted molar refractivity (Wildman–Crippen MR) is 117 cm³/mol. The molecule has 2 N–H and O–H groups in total. The lowest BCUT2D eigenvalue weighted by Crippen LogP contribution is -2.53. The number of fused-ring (bicyclic) bond motifs is 3. The Balaban J connectivity index is 1.60. The Kier molecular flexibility index (Phi) is 6.91. The van der Waals surface area contributed by atoms with E-state index >= 15 is 0 Å². The molecule has 1 amide bonds. The molecule has 3 saturated carbocycles. The van der Waals surface area contributed by atoms with Crippen LogP contribution in [0.4, 0.5) is 4.39 Å². The first-order valence-corrected chi connectivity index (χ1v) is 11.2. The molecule has 4 rings (SSSR count). The average molecular weight is 418 g/mol. The van der Waals surface area contributed by atoms with Gasteiger partial charge < -0.3 is 15.2 Å². The Hall–Kier alpha value is -1.88.